The summed E-state index contributed by atoms with van der Waals surface area (Å²) in [6.07, 6.45) is -3.38. The molecule has 154 valence electrons. The number of anilines is 1. The zero-order chi connectivity index (χ0) is 21.0. The highest BCUT2D eigenvalue weighted by Crippen LogP contribution is 2.33. The fourth-order valence-electron chi connectivity index (χ4n) is 3.06. The summed E-state index contributed by atoms with van der Waals surface area (Å²) in [6.45, 7) is 6.70. The van der Waals surface area contributed by atoms with Gasteiger partial charge in [0.25, 0.3) is 5.91 Å². The number of nitrogens with zero attached hydrogens (tertiary/aromatic N) is 3. The Morgan fingerprint density at radius 3 is 2.62 bits per heavy atom. The lowest BCUT2D eigenvalue weighted by Crippen LogP contribution is -2.47. The molecule has 6 nitrogen and oxygen atoms in total. The summed E-state index contributed by atoms with van der Waals surface area (Å²) in [5.74, 6) is -0.927. The predicted octanol–water partition coefficient (Wildman–Crippen LogP) is 3.24. The molecule has 0 aliphatic carbocycles. The molecule has 0 unspecified atom stereocenters. The molecule has 0 radical (unpaired) electrons. The lowest BCUT2D eigenvalue weighted by molar-refractivity contribution is -0.141. The summed E-state index contributed by atoms with van der Waals surface area (Å²) in [4.78, 5) is 30.6. The Hall–Kier alpha value is -2.72. The highest BCUT2D eigenvalue weighted by molar-refractivity contribution is 7.12. The lowest BCUT2D eigenvalue weighted by Gasteiger charge is -2.34. The SMILES string of the molecule is C=CC(=O)N1CCN(Cc2cccc(NC(=O)c3scnc3C(F)(F)F)c2)CC1. The second-order valence-corrected chi connectivity index (χ2v) is 7.34. The zero-order valence-electron chi connectivity index (χ0n) is 15.4. The van der Waals surface area contributed by atoms with E-state index in [1.165, 1.54) is 6.08 Å². The van der Waals surface area contributed by atoms with Gasteiger partial charge in [-0.1, -0.05) is 18.7 Å². The first-order chi connectivity index (χ1) is 13.8. The average molecular weight is 424 g/mol. The van der Waals surface area contributed by atoms with E-state index in [-0.39, 0.29) is 5.91 Å². The number of benzene rings is 1. The van der Waals surface area contributed by atoms with E-state index < -0.39 is 22.7 Å². The van der Waals surface area contributed by atoms with Gasteiger partial charge in [0.15, 0.2) is 5.69 Å². The van der Waals surface area contributed by atoms with Crippen molar-refractivity contribution < 1.29 is 22.8 Å². The molecule has 0 saturated carbocycles. The molecule has 1 fully saturated rings. The largest absolute Gasteiger partial charge is 0.434 e. The normalized spacial score (nSPS) is 15.2. The van der Waals surface area contributed by atoms with E-state index in [4.69, 9.17) is 0 Å². The summed E-state index contributed by atoms with van der Waals surface area (Å²) < 4.78 is 38.8. The highest BCUT2D eigenvalue weighted by atomic mass is 32.1. The Morgan fingerprint density at radius 1 is 1.24 bits per heavy atom. The van der Waals surface area contributed by atoms with E-state index in [1.54, 1.807) is 23.1 Å². The average Bonchev–Trinajstić information content (AvgIpc) is 3.19. The van der Waals surface area contributed by atoms with Gasteiger partial charge in [-0.3, -0.25) is 14.5 Å². The number of alkyl halides is 3. The Morgan fingerprint density at radius 2 is 1.97 bits per heavy atom. The van der Waals surface area contributed by atoms with Crippen LogP contribution in [0.3, 0.4) is 0 Å². The van der Waals surface area contributed by atoms with Crippen molar-refractivity contribution >= 4 is 28.8 Å². The number of nitrogens with one attached hydrogen (secondary N) is 1. The first kappa shape index (κ1) is 21.0. The molecule has 1 aromatic carbocycles. The standard InChI is InChI=1S/C19H19F3N4O2S/c1-2-15(27)26-8-6-25(7-9-26)11-13-4-3-5-14(10-13)24-18(28)16-17(19(20,21)22)23-12-29-16/h2-5,10,12H,1,6-9,11H2,(H,24,28). The molecule has 0 spiro atoms. The molecule has 0 bridgehead atoms. The highest BCUT2D eigenvalue weighted by Gasteiger charge is 2.38. The number of rotatable bonds is 5. The van der Waals surface area contributed by atoms with Crippen molar-refractivity contribution in [2.45, 2.75) is 12.7 Å². The van der Waals surface area contributed by atoms with Gasteiger partial charge in [-0.15, -0.1) is 11.3 Å². The van der Waals surface area contributed by atoms with Gasteiger partial charge in [0.1, 0.15) is 4.88 Å². The second-order valence-electron chi connectivity index (χ2n) is 6.49. The second kappa shape index (κ2) is 8.75. The van der Waals surface area contributed by atoms with Crippen LogP contribution >= 0.6 is 11.3 Å². The minimum atomic E-state index is -4.68. The fraction of sp³-hybridized carbons (Fsp3) is 0.316. The number of hydrogen-bond donors (Lipinski definition) is 1. The van der Waals surface area contributed by atoms with Gasteiger partial charge in [-0.25, -0.2) is 4.98 Å². The number of aromatic nitrogens is 1. The van der Waals surface area contributed by atoms with E-state index in [0.29, 0.717) is 49.7 Å². The molecule has 0 atom stereocenters. The van der Waals surface area contributed by atoms with E-state index in [9.17, 15) is 22.8 Å². The molecule has 2 aromatic rings. The van der Waals surface area contributed by atoms with Gasteiger partial charge in [-0.05, 0) is 23.8 Å². The Balaban J connectivity index is 1.62. The van der Waals surface area contributed by atoms with Crippen molar-refractivity contribution in [3.8, 4) is 0 Å². The number of piperazine rings is 1. The minimum absolute atomic E-state index is 0.0874. The number of thiazole rings is 1. The molecule has 29 heavy (non-hydrogen) atoms. The van der Waals surface area contributed by atoms with Crippen molar-refractivity contribution in [1.29, 1.82) is 0 Å². The molecular formula is C19H19F3N4O2S. The van der Waals surface area contributed by atoms with E-state index in [1.807, 2.05) is 6.07 Å². The minimum Gasteiger partial charge on any atom is -0.337 e. The van der Waals surface area contributed by atoms with Crippen LogP contribution in [0.5, 0.6) is 0 Å². The third kappa shape index (κ3) is 5.21. The van der Waals surface area contributed by atoms with Crippen LogP contribution in [0, 0.1) is 0 Å². The third-order valence-electron chi connectivity index (χ3n) is 4.49. The van der Waals surface area contributed by atoms with Crippen molar-refractivity contribution in [3.63, 3.8) is 0 Å². The zero-order valence-corrected chi connectivity index (χ0v) is 16.2. The Bertz CT molecular complexity index is 905. The molecule has 1 aliphatic heterocycles. The molecule has 1 saturated heterocycles. The summed E-state index contributed by atoms with van der Waals surface area (Å²) >= 11 is 0.650. The van der Waals surface area contributed by atoms with Crippen LogP contribution in [0.2, 0.25) is 0 Å². The maximum atomic E-state index is 12.9. The first-order valence-corrected chi connectivity index (χ1v) is 9.70. The predicted molar refractivity (Wildman–Crippen MR) is 104 cm³/mol. The van der Waals surface area contributed by atoms with Gasteiger partial charge in [0, 0.05) is 38.4 Å². The van der Waals surface area contributed by atoms with E-state index >= 15 is 0 Å². The van der Waals surface area contributed by atoms with Crippen LogP contribution in [0.15, 0.2) is 42.4 Å². The summed E-state index contributed by atoms with van der Waals surface area (Å²) in [6, 6.07) is 6.97. The summed E-state index contributed by atoms with van der Waals surface area (Å²) in [5.41, 5.74) is 1.15. The van der Waals surface area contributed by atoms with Crippen molar-refractivity contribution in [2.75, 3.05) is 31.5 Å². The van der Waals surface area contributed by atoms with Crippen molar-refractivity contribution in [1.82, 2.24) is 14.8 Å². The van der Waals surface area contributed by atoms with Gasteiger partial charge < -0.3 is 10.2 Å². The van der Waals surface area contributed by atoms with Gasteiger partial charge in [0.2, 0.25) is 5.91 Å². The van der Waals surface area contributed by atoms with E-state index in [0.717, 1.165) is 11.1 Å². The van der Waals surface area contributed by atoms with E-state index in [2.05, 4.69) is 21.8 Å². The van der Waals surface area contributed by atoms with Crippen LogP contribution in [0.25, 0.3) is 0 Å². The Kier molecular flexibility index (Phi) is 6.33. The monoisotopic (exact) mass is 424 g/mol. The summed E-state index contributed by atoms with van der Waals surface area (Å²) in [7, 11) is 0. The van der Waals surface area contributed by atoms with Crippen LogP contribution in [-0.2, 0) is 17.5 Å². The van der Waals surface area contributed by atoms with Crippen LogP contribution in [0.1, 0.15) is 20.9 Å². The molecule has 1 N–H and O–H groups in total. The maximum Gasteiger partial charge on any atom is 0.434 e. The number of carbonyl (C=O) groups excluding carboxylic acids is 2. The molecule has 2 heterocycles. The molecule has 10 heteroatoms. The number of carbonyl (C=O) groups is 2. The molecule has 3 rings (SSSR count). The van der Waals surface area contributed by atoms with Crippen molar-refractivity contribution in [2.24, 2.45) is 0 Å². The molecule has 1 aliphatic rings. The Labute approximate surface area is 169 Å². The molecule has 2 amide bonds. The number of halogens is 3. The van der Waals surface area contributed by atoms with Gasteiger partial charge in [0.05, 0.1) is 5.51 Å². The van der Waals surface area contributed by atoms with Gasteiger partial charge >= 0.3 is 6.18 Å². The van der Waals surface area contributed by atoms with Crippen LogP contribution in [0.4, 0.5) is 18.9 Å². The molecule has 1 aromatic heterocycles. The number of hydrogen-bond acceptors (Lipinski definition) is 5. The fourth-order valence-corrected chi connectivity index (χ4v) is 3.76. The number of amides is 2. The topological polar surface area (TPSA) is 65.5 Å². The molecular weight excluding hydrogens is 405 g/mol. The maximum absolute atomic E-state index is 12.9. The third-order valence-corrected chi connectivity index (χ3v) is 5.32. The lowest BCUT2D eigenvalue weighted by atomic mass is 10.1. The quantitative estimate of drug-likeness (QED) is 0.749. The summed E-state index contributed by atoms with van der Waals surface area (Å²) in [5, 5.41) is 2.51. The smallest absolute Gasteiger partial charge is 0.337 e. The van der Waals surface area contributed by atoms with Crippen molar-refractivity contribution in [3.05, 3.63) is 58.6 Å². The van der Waals surface area contributed by atoms with Crippen LogP contribution < -0.4 is 5.32 Å². The van der Waals surface area contributed by atoms with Crippen LogP contribution in [-0.4, -0.2) is 52.8 Å². The first-order valence-electron chi connectivity index (χ1n) is 8.82. The van der Waals surface area contributed by atoms with Gasteiger partial charge in [-0.2, -0.15) is 13.2 Å².